The van der Waals surface area contributed by atoms with E-state index in [4.69, 9.17) is 4.74 Å². The average Bonchev–Trinajstić information content (AvgIpc) is 2.22. The molecule has 0 saturated heterocycles. The Morgan fingerprint density at radius 2 is 2.12 bits per heavy atom. The molecule has 0 aliphatic rings. The third-order valence-corrected chi connectivity index (χ3v) is 4.96. The van der Waals surface area contributed by atoms with E-state index in [0.717, 1.165) is 22.4 Å². The summed E-state index contributed by atoms with van der Waals surface area (Å²) in [6, 6.07) is 1.25. The van der Waals surface area contributed by atoms with Crippen molar-refractivity contribution in [3.05, 3.63) is 12.7 Å². The van der Waals surface area contributed by atoms with E-state index in [0.29, 0.717) is 3.36 Å². The molecule has 0 N–H and O–H groups in total. The molecule has 2 nitrogen and oxygen atoms in total. The van der Waals surface area contributed by atoms with Gasteiger partial charge in [0.25, 0.3) is 0 Å². The fourth-order valence-corrected chi connectivity index (χ4v) is 3.30. The molecule has 0 spiro atoms. The van der Waals surface area contributed by atoms with Gasteiger partial charge >= 0.3 is 5.97 Å². The normalized spacial score (nSPS) is 12.5. The fourth-order valence-electron chi connectivity index (χ4n) is 1.25. The molecule has 0 aromatic carbocycles. The Labute approximate surface area is 117 Å². The van der Waals surface area contributed by atoms with Gasteiger partial charge in [0.1, 0.15) is 0 Å². The lowest BCUT2D eigenvalue weighted by molar-refractivity contribution is -0.142. The van der Waals surface area contributed by atoms with E-state index in [1.54, 1.807) is 0 Å². The van der Waals surface area contributed by atoms with Crippen LogP contribution in [0.1, 0.15) is 32.6 Å². The standard InChI is InChI=1S/C11H18Br2O2Si/c1-3-10(14)15-9(2)7-5-4-6-8-16-11(12)13/h3,9,11H,1,4-8H2,2H3. The van der Waals surface area contributed by atoms with Crippen molar-refractivity contribution in [1.29, 1.82) is 0 Å². The molecule has 0 aromatic rings. The second-order valence-corrected chi connectivity index (χ2v) is 9.79. The summed E-state index contributed by atoms with van der Waals surface area (Å²) < 4.78 is 5.54. The smallest absolute Gasteiger partial charge is 0.330 e. The first-order chi connectivity index (χ1) is 7.56. The first-order valence-corrected chi connectivity index (χ1v) is 8.52. The minimum absolute atomic E-state index is 0.00745. The molecule has 1 atom stereocenters. The number of hydrogen-bond donors (Lipinski definition) is 0. The summed E-state index contributed by atoms with van der Waals surface area (Å²) in [6.07, 6.45) is 5.72. The van der Waals surface area contributed by atoms with Crippen molar-refractivity contribution in [1.82, 2.24) is 0 Å². The number of halogens is 2. The van der Waals surface area contributed by atoms with Crippen LogP contribution < -0.4 is 0 Å². The van der Waals surface area contributed by atoms with Gasteiger partial charge in [0.15, 0.2) is 0 Å². The molecule has 92 valence electrons. The molecule has 0 rings (SSSR count). The molecule has 0 fully saturated rings. The molecule has 0 aliphatic heterocycles. The summed E-state index contributed by atoms with van der Waals surface area (Å²) in [6.45, 7) is 5.30. The highest BCUT2D eigenvalue weighted by Gasteiger charge is 2.05. The van der Waals surface area contributed by atoms with Crippen LogP contribution in [-0.4, -0.2) is 25.0 Å². The highest BCUT2D eigenvalue weighted by atomic mass is 79.9. The number of unbranched alkanes of at least 4 members (excludes halogenated alkanes) is 2. The number of hydrogen-bond acceptors (Lipinski definition) is 2. The Balaban J connectivity index is 3.30. The van der Waals surface area contributed by atoms with Gasteiger partial charge in [-0.15, -0.1) is 0 Å². The quantitative estimate of drug-likeness (QED) is 0.203. The van der Waals surface area contributed by atoms with Crippen LogP contribution in [0.3, 0.4) is 0 Å². The third-order valence-electron chi connectivity index (χ3n) is 2.07. The van der Waals surface area contributed by atoms with E-state index in [1.165, 1.54) is 25.0 Å². The number of alkyl halides is 2. The third kappa shape index (κ3) is 10.9. The Hall–Kier alpha value is 0.387. The molecule has 0 heterocycles. The zero-order chi connectivity index (χ0) is 12.4. The summed E-state index contributed by atoms with van der Waals surface area (Å²) in [5.74, 6) is -0.324. The number of esters is 1. The predicted molar refractivity (Wildman–Crippen MR) is 76.4 cm³/mol. The first-order valence-electron chi connectivity index (χ1n) is 5.41. The molecule has 16 heavy (non-hydrogen) atoms. The maximum Gasteiger partial charge on any atom is 0.330 e. The van der Waals surface area contributed by atoms with E-state index >= 15 is 0 Å². The first kappa shape index (κ1) is 16.4. The van der Waals surface area contributed by atoms with Crippen molar-refractivity contribution >= 4 is 47.3 Å². The van der Waals surface area contributed by atoms with Crippen LogP contribution in [0.25, 0.3) is 0 Å². The van der Waals surface area contributed by atoms with Crippen LogP contribution in [0.4, 0.5) is 0 Å². The summed E-state index contributed by atoms with van der Waals surface area (Å²) in [7, 11) is 0.925. The van der Waals surface area contributed by atoms with Crippen molar-refractivity contribution in [3.63, 3.8) is 0 Å². The van der Waals surface area contributed by atoms with Crippen molar-refractivity contribution in [2.75, 3.05) is 0 Å². The summed E-state index contributed by atoms with van der Waals surface area (Å²) in [4.78, 5) is 10.9. The number of carbonyl (C=O) groups excluding carboxylic acids is 1. The summed E-state index contributed by atoms with van der Waals surface area (Å²) in [5.41, 5.74) is 0. The van der Waals surface area contributed by atoms with Gasteiger partial charge in [-0.3, -0.25) is 0 Å². The molecule has 0 saturated carbocycles. The van der Waals surface area contributed by atoms with Gasteiger partial charge in [-0.05, 0) is 19.8 Å². The molecule has 0 amide bonds. The molecule has 2 radical (unpaired) electrons. The van der Waals surface area contributed by atoms with Gasteiger partial charge < -0.3 is 4.74 Å². The largest absolute Gasteiger partial charge is 0.460 e. The van der Waals surface area contributed by atoms with Crippen molar-refractivity contribution < 1.29 is 9.53 Å². The van der Waals surface area contributed by atoms with Crippen LogP contribution in [0, 0.1) is 0 Å². The lowest BCUT2D eigenvalue weighted by Gasteiger charge is -2.11. The van der Waals surface area contributed by atoms with Crippen LogP contribution in [0.2, 0.25) is 6.04 Å². The van der Waals surface area contributed by atoms with Gasteiger partial charge in [-0.25, -0.2) is 4.79 Å². The van der Waals surface area contributed by atoms with Gasteiger partial charge in [0, 0.05) is 6.08 Å². The maximum absolute atomic E-state index is 10.9. The number of carbonyl (C=O) groups is 1. The Morgan fingerprint density at radius 1 is 1.44 bits per heavy atom. The molecular weight excluding hydrogens is 352 g/mol. The van der Waals surface area contributed by atoms with E-state index in [9.17, 15) is 4.79 Å². The van der Waals surface area contributed by atoms with Gasteiger partial charge in [0.2, 0.25) is 0 Å². The van der Waals surface area contributed by atoms with E-state index < -0.39 is 0 Å². The maximum atomic E-state index is 10.9. The monoisotopic (exact) mass is 368 g/mol. The van der Waals surface area contributed by atoms with Crippen molar-refractivity contribution in [2.24, 2.45) is 0 Å². The van der Waals surface area contributed by atoms with Gasteiger partial charge in [0.05, 0.1) is 19.0 Å². The van der Waals surface area contributed by atoms with Gasteiger partial charge in [-0.2, -0.15) is 0 Å². The minimum Gasteiger partial charge on any atom is -0.460 e. The number of rotatable bonds is 9. The fraction of sp³-hybridized carbons (Fsp3) is 0.727. The highest BCUT2D eigenvalue weighted by Crippen LogP contribution is 2.12. The average molecular weight is 370 g/mol. The minimum atomic E-state index is -0.324. The highest BCUT2D eigenvalue weighted by molar-refractivity contribution is 9.25. The van der Waals surface area contributed by atoms with Crippen molar-refractivity contribution in [2.45, 2.75) is 48.1 Å². The molecule has 1 unspecified atom stereocenters. The van der Waals surface area contributed by atoms with Crippen LogP contribution in [-0.2, 0) is 9.53 Å². The number of ether oxygens (including phenoxy) is 1. The summed E-state index contributed by atoms with van der Waals surface area (Å²) >= 11 is 6.93. The van der Waals surface area contributed by atoms with Crippen LogP contribution in [0.5, 0.6) is 0 Å². The topological polar surface area (TPSA) is 26.3 Å². The Kier molecular flexibility index (Phi) is 10.8. The molecule has 5 heteroatoms. The van der Waals surface area contributed by atoms with Crippen LogP contribution in [0.15, 0.2) is 12.7 Å². The summed E-state index contributed by atoms with van der Waals surface area (Å²) in [5, 5.41) is 0. The second-order valence-electron chi connectivity index (χ2n) is 3.56. The second kappa shape index (κ2) is 10.5. The lowest BCUT2D eigenvalue weighted by Crippen LogP contribution is -2.12. The Bertz CT molecular complexity index is 210. The van der Waals surface area contributed by atoms with E-state index in [2.05, 4.69) is 38.4 Å². The predicted octanol–water partition coefficient (Wildman–Crippen LogP) is 3.86. The van der Waals surface area contributed by atoms with Crippen LogP contribution >= 0.6 is 31.9 Å². The molecular formula is C11H18Br2O2Si. The lowest BCUT2D eigenvalue weighted by atomic mass is 10.1. The molecule has 0 aliphatic carbocycles. The van der Waals surface area contributed by atoms with E-state index in [1.807, 2.05) is 6.92 Å². The van der Waals surface area contributed by atoms with E-state index in [-0.39, 0.29) is 12.1 Å². The zero-order valence-corrected chi connectivity index (χ0v) is 13.7. The SMILES string of the molecule is C=CC(=O)OC(C)CCCCC[Si]C(Br)Br. The zero-order valence-electron chi connectivity index (χ0n) is 9.55. The molecule has 0 bridgehead atoms. The molecule has 0 aromatic heterocycles. The van der Waals surface area contributed by atoms with Crippen molar-refractivity contribution in [3.8, 4) is 0 Å². The Morgan fingerprint density at radius 3 is 2.69 bits per heavy atom. The van der Waals surface area contributed by atoms with Gasteiger partial charge in [-0.1, -0.05) is 57.3 Å².